The smallest absolute Gasteiger partial charge is 0.443 e. The minimum Gasteiger partial charge on any atom is -0.443 e. The van der Waals surface area contributed by atoms with Crippen molar-refractivity contribution in [1.29, 1.82) is 0 Å². The molecule has 7 heteroatoms. The van der Waals surface area contributed by atoms with Crippen molar-refractivity contribution in [3.8, 4) is 5.75 Å². The second kappa shape index (κ2) is 7.99. The Bertz CT molecular complexity index is 974. The van der Waals surface area contributed by atoms with Crippen molar-refractivity contribution >= 4 is 40.3 Å². The van der Waals surface area contributed by atoms with Crippen LogP contribution in [0.15, 0.2) is 30.3 Å². The maximum absolute atomic E-state index is 12.9. The van der Waals surface area contributed by atoms with E-state index in [1.807, 2.05) is 45.0 Å². The SMILES string of the molecule is CC(C)(C)OC(=O)Oc1cc2c(c3ccccc13)[C@@H](CCl)CN2C(=O)OC(C)(C)C. The topological polar surface area (TPSA) is 65.1 Å². The zero-order valence-electron chi connectivity index (χ0n) is 18.2. The average molecular weight is 434 g/mol. The summed E-state index contributed by atoms with van der Waals surface area (Å²) >= 11 is 6.25. The summed E-state index contributed by atoms with van der Waals surface area (Å²) in [6.07, 6.45) is -1.27. The first-order valence-electron chi connectivity index (χ1n) is 9.92. The van der Waals surface area contributed by atoms with E-state index in [-0.39, 0.29) is 5.92 Å². The fourth-order valence-electron chi connectivity index (χ4n) is 3.47. The van der Waals surface area contributed by atoms with Gasteiger partial charge in [-0.05, 0) is 52.5 Å². The molecular formula is C23H28ClNO5. The molecule has 1 amide bonds. The van der Waals surface area contributed by atoms with Gasteiger partial charge >= 0.3 is 12.2 Å². The monoisotopic (exact) mass is 433 g/mol. The molecule has 0 aromatic heterocycles. The first kappa shape index (κ1) is 22.2. The van der Waals surface area contributed by atoms with Crippen LogP contribution in [-0.4, -0.2) is 35.9 Å². The normalized spacial score (nSPS) is 16.4. The van der Waals surface area contributed by atoms with Crippen molar-refractivity contribution in [3.05, 3.63) is 35.9 Å². The minimum absolute atomic E-state index is 0.0605. The van der Waals surface area contributed by atoms with Gasteiger partial charge < -0.3 is 14.2 Å². The highest BCUT2D eigenvalue weighted by Crippen LogP contribution is 2.46. The first-order chi connectivity index (χ1) is 13.9. The van der Waals surface area contributed by atoms with E-state index in [9.17, 15) is 9.59 Å². The van der Waals surface area contributed by atoms with Crippen molar-refractivity contribution in [3.63, 3.8) is 0 Å². The number of benzene rings is 2. The molecule has 0 bridgehead atoms. The Kier molecular flexibility index (Phi) is 5.92. The lowest BCUT2D eigenvalue weighted by Crippen LogP contribution is -2.36. The van der Waals surface area contributed by atoms with Gasteiger partial charge in [-0.2, -0.15) is 0 Å². The number of hydrogen-bond donors (Lipinski definition) is 0. The standard InChI is InChI=1S/C23H28ClNO5/c1-22(2,3)29-20(26)25-13-14(12-24)19-16-10-8-7-9-15(16)18(11-17(19)25)28-21(27)30-23(4,5)6/h7-11,14H,12-13H2,1-6H3/t14-/m0/s1. The molecule has 0 aliphatic carbocycles. The molecule has 0 spiro atoms. The Labute approximate surface area is 182 Å². The van der Waals surface area contributed by atoms with E-state index >= 15 is 0 Å². The van der Waals surface area contributed by atoms with Gasteiger partial charge in [-0.3, -0.25) is 4.90 Å². The van der Waals surface area contributed by atoms with Crippen LogP contribution in [0.3, 0.4) is 0 Å². The van der Waals surface area contributed by atoms with Crippen molar-refractivity contribution in [2.75, 3.05) is 17.3 Å². The lowest BCUT2D eigenvalue weighted by molar-refractivity contribution is 0.0209. The molecule has 2 aromatic rings. The van der Waals surface area contributed by atoms with Crippen molar-refractivity contribution < 1.29 is 23.8 Å². The fourth-order valence-corrected chi connectivity index (χ4v) is 3.73. The molecule has 162 valence electrons. The number of alkyl halides is 1. The van der Waals surface area contributed by atoms with Gasteiger partial charge in [-0.15, -0.1) is 11.6 Å². The number of anilines is 1. The zero-order valence-corrected chi connectivity index (χ0v) is 19.0. The largest absolute Gasteiger partial charge is 0.514 e. The summed E-state index contributed by atoms with van der Waals surface area (Å²) in [7, 11) is 0. The second-order valence-electron chi connectivity index (χ2n) is 9.36. The van der Waals surface area contributed by atoms with Gasteiger partial charge in [0.05, 0.1) is 5.69 Å². The second-order valence-corrected chi connectivity index (χ2v) is 9.67. The number of ether oxygens (including phenoxy) is 3. The molecule has 6 nitrogen and oxygen atoms in total. The summed E-state index contributed by atoms with van der Waals surface area (Å²) in [6.45, 7) is 11.2. The molecule has 0 radical (unpaired) electrons. The molecule has 1 aliphatic heterocycles. The van der Waals surface area contributed by atoms with Crippen LogP contribution < -0.4 is 9.64 Å². The van der Waals surface area contributed by atoms with E-state index in [0.717, 1.165) is 16.3 Å². The van der Waals surface area contributed by atoms with Crippen molar-refractivity contribution in [1.82, 2.24) is 0 Å². The highest BCUT2D eigenvalue weighted by Gasteiger charge is 2.37. The molecule has 2 aromatic carbocycles. The van der Waals surface area contributed by atoms with E-state index in [2.05, 4.69) is 0 Å². The van der Waals surface area contributed by atoms with Gasteiger partial charge in [0, 0.05) is 29.8 Å². The van der Waals surface area contributed by atoms with Crippen molar-refractivity contribution in [2.24, 2.45) is 0 Å². The third-order valence-electron chi connectivity index (χ3n) is 4.51. The number of carbonyl (C=O) groups excluding carboxylic acids is 2. The van der Waals surface area contributed by atoms with E-state index in [1.165, 1.54) is 0 Å². The highest BCUT2D eigenvalue weighted by molar-refractivity contribution is 6.19. The summed E-state index contributed by atoms with van der Waals surface area (Å²) in [6, 6.07) is 9.28. The van der Waals surface area contributed by atoms with Crippen LogP contribution in [0, 0.1) is 0 Å². The molecule has 0 N–H and O–H groups in total. The van der Waals surface area contributed by atoms with E-state index in [0.29, 0.717) is 23.9 Å². The van der Waals surface area contributed by atoms with Crippen LogP contribution in [0.1, 0.15) is 53.0 Å². The number of fused-ring (bicyclic) bond motifs is 3. The third-order valence-corrected chi connectivity index (χ3v) is 4.88. The fraction of sp³-hybridized carbons (Fsp3) is 0.478. The van der Waals surface area contributed by atoms with Gasteiger partial charge in [0.2, 0.25) is 0 Å². The van der Waals surface area contributed by atoms with Crippen LogP contribution in [0.5, 0.6) is 5.75 Å². The Morgan fingerprint density at radius 1 is 1.03 bits per heavy atom. The van der Waals surface area contributed by atoms with E-state index in [4.69, 9.17) is 25.8 Å². The number of nitrogens with zero attached hydrogens (tertiary/aromatic N) is 1. The quantitative estimate of drug-likeness (QED) is 0.319. The number of halogens is 1. The Balaban J connectivity index is 2.09. The molecule has 1 aliphatic rings. The van der Waals surface area contributed by atoms with Crippen LogP contribution in [0.25, 0.3) is 10.8 Å². The van der Waals surface area contributed by atoms with E-state index in [1.54, 1.807) is 31.7 Å². The van der Waals surface area contributed by atoms with Gasteiger partial charge in [0.15, 0.2) is 0 Å². The summed E-state index contributed by atoms with van der Waals surface area (Å²) in [4.78, 5) is 26.8. The van der Waals surface area contributed by atoms with Gasteiger partial charge in [0.25, 0.3) is 0 Å². The molecule has 0 saturated carbocycles. The molecule has 30 heavy (non-hydrogen) atoms. The minimum atomic E-state index is -0.802. The predicted molar refractivity (Wildman–Crippen MR) is 118 cm³/mol. The maximum Gasteiger partial charge on any atom is 0.514 e. The Hall–Kier alpha value is -2.47. The molecule has 1 atom stereocenters. The van der Waals surface area contributed by atoms with Crippen LogP contribution in [0.4, 0.5) is 15.3 Å². The molecule has 0 fully saturated rings. The summed E-state index contributed by atoms with van der Waals surface area (Å²) in [5.74, 6) is 0.611. The lowest BCUT2D eigenvalue weighted by Gasteiger charge is -2.25. The maximum atomic E-state index is 12.9. The van der Waals surface area contributed by atoms with Crippen LogP contribution >= 0.6 is 11.6 Å². The van der Waals surface area contributed by atoms with Crippen LogP contribution in [0.2, 0.25) is 0 Å². The highest BCUT2D eigenvalue weighted by atomic mass is 35.5. The Morgan fingerprint density at radius 3 is 2.20 bits per heavy atom. The number of hydrogen-bond acceptors (Lipinski definition) is 5. The number of rotatable bonds is 2. The lowest BCUT2D eigenvalue weighted by atomic mass is 9.95. The summed E-state index contributed by atoms with van der Waals surface area (Å²) in [5, 5.41) is 1.63. The van der Waals surface area contributed by atoms with E-state index < -0.39 is 23.5 Å². The zero-order chi connectivity index (χ0) is 22.3. The Morgan fingerprint density at radius 2 is 1.63 bits per heavy atom. The first-order valence-corrected chi connectivity index (χ1v) is 10.5. The van der Waals surface area contributed by atoms with Crippen LogP contribution in [-0.2, 0) is 9.47 Å². The molecular weight excluding hydrogens is 406 g/mol. The predicted octanol–water partition coefficient (Wildman–Crippen LogP) is 6.23. The van der Waals surface area contributed by atoms with Crippen molar-refractivity contribution in [2.45, 2.75) is 58.7 Å². The average Bonchev–Trinajstić information content (AvgIpc) is 2.97. The van der Waals surface area contributed by atoms with Gasteiger partial charge in [0.1, 0.15) is 17.0 Å². The summed E-state index contributed by atoms with van der Waals surface area (Å²) in [5.41, 5.74) is 0.258. The summed E-state index contributed by atoms with van der Waals surface area (Å²) < 4.78 is 16.4. The third kappa shape index (κ3) is 4.81. The molecule has 0 unspecified atom stereocenters. The van der Waals surface area contributed by atoms with Gasteiger partial charge in [-0.25, -0.2) is 9.59 Å². The number of carbonyl (C=O) groups is 2. The molecule has 1 heterocycles. The number of amides is 1. The molecule has 3 rings (SSSR count). The molecule has 0 saturated heterocycles. The van der Waals surface area contributed by atoms with Gasteiger partial charge in [-0.1, -0.05) is 24.3 Å².